The van der Waals surface area contributed by atoms with Crippen LogP contribution < -0.4 is 16.2 Å². The van der Waals surface area contributed by atoms with Gasteiger partial charge in [0, 0.05) is 18.2 Å². The van der Waals surface area contributed by atoms with Crippen LogP contribution in [0.2, 0.25) is 0 Å². The highest BCUT2D eigenvalue weighted by molar-refractivity contribution is 5.33. The first kappa shape index (κ1) is 8.91. The highest BCUT2D eigenvalue weighted by atomic mass is 16.1. The van der Waals surface area contributed by atoms with Gasteiger partial charge < -0.3 is 10.6 Å². The molecule has 0 saturated heterocycles. The van der Waals surface area contributed by atoms with Crippen molar-refractivity contribution in [2.75, 3.05) is 11.9 Å². The van der Waals surface area contributed by atoms with Gasteiger partial charge in [-0.25, -0.2) is 4.98 Å². The van der Waals surface area contributed by atoms with Gasteiger partial charge in [-0.05, 0) is 25.8 Å². The topological polar surface area (TPSA) is 69.8 Å². The zero-order valence-electron chi connectivity index (χ0n) is 8.47. The number of hydrogen-bond acceptors (Lipinski definition) is 4. The summed E-state index contributed by atoms with van der Waals surface area (Å²) in [6.07, 6.45) is 3.14. The molecule has 1 aliphatic heterocycles. The summed E-state index contributed by atoms with van der Waals surface area (Å²) in [4.78, 5) is 18.9. The molecule has 5 nitrogen and oxygen atoms in total. The number of aromatic nitrogens is 2. The number of nitrogens with zero attached hydrogens (tertiary/aromatic N) is 1. The zero-order valence-corrected chi connectivity index (χ0v) is 8.47. The second-order valence-corrected chi connectivity index (χ2v) is 4.19. The maximum absolute atomic E-state index is 11.7. The van der Waals surface area contributed by atoms with E-state index in [-0.39, 0.29) is 5.56 Å². The monoisotopic (exact) mass is 206 g/mol. The van der Waals surface area contributed by atoms with E-state index in [1.54, 1.807) is 0 Å². The van der Waals surface area contributed by atoms with E-state index in [1.807, 2.05) is 0 Å². The molecule has 1 fully saturated rings. The third kappa shape index (κ3) is 1.74. The first-order valence-electron chi connectivity index (χ1n) is 5.42. The SMILES string of the molecule is O=c1[nH]c(NC2CC2)nc2c1CCNC2. The normalized spacial score (nSPS) is 19.7. The number of rotatable bonds is 2. The third-order valence-corrected chi connectivity index (χ3v) is 2.86. The molecule has 1 aliphatic carbocycles. The first-order chi connectivity index (χ1) is 7.33. The second kappa shape index (κ2) is 3.34. The summed E-state index contributed by atoms with van der Waals surface area (Å²) in [5.74, 6) is 0.630. The fraction of sp³-hybridized carbons (Fsp3) is 0.600. The van der Waals surface area contributed by atoms with E-state index in [1.165, 1.54) is 12.8 Å². The van der Waals surface area contributed by atoms with Crippen LogP contribution in [-0.4, -0.2) is 22.6 Å². The Morgan fingerprint density at radius 2 is 2.27 bits per heavy atom. The summed E-state index contributed by atoms with van der Waals surface area (Å²) < 4.78 is 0. The van der Waals surface area contributed by atoms with E-state index in [4.69, 9.17) is 0 Å². The van der Waals surface area contributed by atoms with E-state index >= 15 is 0 Å². The highest BCUT2D eigenvalue weighted by Crippen LogP contribution is 2.22. The Balaban J connectivity index is 1.96. The number of anilines is 1. The molecule has 2 aliphatic rings. The molecule has 2 heterocycles. The van der Waals surface area contributed by atoms with Crippen molar-refractivity contribution in [3.05, 3.63) is 21.6 Å². The first-order valence-corrected chi connectivity index (χ1v) is 5.42. The van der Waals surface area contributed by atoms with Crippen molar-refractivity contribution in [2.45, 2.75) is 31.8 Å². The molecule has 1 aromatic heterocycles. The van der Waals surface area contributed by atoms with Gasteiger partial charge in [0.1, 0.15) is 0 Å². The summed E-state index contributed by atoms with van der Waals surface area (Å²) in [5, 5.41) is 6.43. The minimum absolute atomic E-state index is 0.0182. The molecule has 80 valence electrons. The van der Waals surface area contributed by atoms with E-state index in [9.17, 15) is 4.79 Å². The van der Waals surface area contributed by atoms with Crippen LogP contribution in [0.25, 0.3) is 0 Å². The molecular weight excluding hydrogens is 192 g/mol. The molecule has 0 atom stereocenters. The predicted molar refractivity (Wildman–Crippen MR) is 56.9 cm³/mol. The molecule has 15 heavy (non-hydrogen) atoms. The van der Waals surface area contributed by atoms with E-state index in [2.05, 4.69) is 20.6 Å². The lowest BCUT2D eigenvalue weighted by Gasteiger charge is -2.16. The summed E-state index contributed by atoms with van der Waals surface area (Å²) in [6.45, 7) is 1.58. The predicted octanol–water partition coefficient (Wildman–Crippen LogP) is -0.0101. The van der Waals surface area contributed by atoms with E-state index < -0.39 is 0 Å². The lowest BCUT2D eigenvalue weighted by atomic mass is 10.1. The van der Waals surface area contributed by atoms with Crippen LogP contribution in [0.3, 0.4) is 0 Å². The van der Waals surface area contributed by atoms with Gasteiger partial charge in [-0.2, -0.15) is 0 Å². The molecule has 3 N–H and O–H groups in total. The maximum Gasteiger partial charge on any atom is 0.255 e. The molecule has 0 radical (unpaired) electrons. The summed E-state index contributed by atoms with van der Waals surface area (Å²) in [5.41, 5.74) is 1.76. The van der Waals surface area contributed by atoms with Gasteiger partial charge in [-0.1, -0.05) is 0 Å². The number of H-pyrrole nitrogens is 1. The summed E-state index contributed by atoms with van der Waals surface area (Å²) in [6, 6.07) is 0.516. The number of nitrogens with one attached hydrogen (secondary N) is 3. The molecule has 1 aromatic rings. The highest BCUT2D eigenvalue weighted by Gasteiger charge is 2.23. The van der Waals surface area contributed by atoms with Crippen LogP contribution in [0.5, 0.6) is 0 Å². The number of aromatic amines is 1. The molecule has 0 spiro atoms. The van der Waals surface area contributed by atoms with Gasteiger partial charge >= 0.3 is 0 Å². The van der Waals surface area contributed by atoms with Crippen molar-refractivity contribution in [1.82, 2.24) is 15.3 Å². The Morgan fingerprint density at radius 1 is 1.40 bits per heavy atom. The minimum Gasteiger partial charge on any atom is -0.353 e. The van der Waals surface area contributed by atoms with E-state index in [0.717, 1.165) is 24.2 Å². The summed E-state index contributed by atoms with van der Waals surface area (Å²) in [7, 11) is 0. The third-order valence-electron chi connectivity index (χ3n) is 2.86. The molecule has 0 bridgehead atoms. The molecule has 3 rings (SSSR count). The zero-order chi connectivity index (χ0) is 10.3. The van der Waals surface area contributed by atoms with Crippen molar-refractivity contribution < 1.29 is 0 Å². The van der Waals surface area contributed by atoms with E-state index in [0.29, 0.717) is 18.5 Å². The summed E-state index contributed by atoms with van der Waals surface area (Å²) >= 11 is 0. The fourth-order valence-corrected chi connectivity index (χ4v) is 1.86. The van der Waals surface area contributed by atoms with Crippen molar-refractivity contribution in [2.24, 2.45) is 0 Å². The smallest absolute Gasteiger partial charge is 0.255 e. The van der Waals surface area contributed by atoms with Crippen LogP contribution in [0.1, 0.15) is 24.1 Å². The molecule has 0 unspecified atom stereocenters. The molecule has 0 amide bonds. The van der Waals surface area contributed by atoms with Crippen molar-refractivity contribution in [3.8, 4) is 0 Å². The number of fused-ring (bicyclic) bond motifs is 1. The Kier molecular flexibility index (Phi) is 1.98. The largest absolute Gasteiger partial charge is 0.353 e. The average Bonchev–Trinajstić information content (AvgIpc) is 3.02. The number of hydrogen-bond donors (Lipinski definition) is 3. The second-order valence-electron chi connectivity index (χ2n) is 4.19. The molecule has 0 aromatic carbocycles. The van der Waals surface area contributed by atoms with Crippen LogP contribution >= 0.6 is 0 Å². The Bertz CT molecular complexity index is 436. The van der Waals surface area contributed by atoms with Gasteiger partial charge in [0.15, 0.2) is 0 Å². The van der Waals surface area contributed by atoms with Gasteiger partial charge in [-0.3, -0.25) is 9.78 Å². The van der Waals surface area contributed by atoms with Gasteiger partial charge in [0.05, 0.1) is 5.69 Å². The van der Waals surface area contributed by atoms with Gasteiger partial charge in [0.25, 0.3) is 5.56 Å². The van der Waals surface area contributed by atoms with Crippen LogP contribution in [0.4, 0.5) is 5.95 Å². The van der Waals surface area contributed by atoms with Gasteiger partial charge in [-0.15, -0.1) is 0 Å². The minimum atomic E-state index is 0.0182. The lowest BCUT2D eigenvalue weighted by Crippen LogP contribution is -2.31. The quantitative estimate of drug-likeness (QED) is 0.636. The molecule has 5 heteroatoms. The van der Waals surface area contributed by atoms with Crippen LogP contribution in [0.15, 0.2) is 4.79 Å². The molecule has 1 saturated carbocycles. The van der Waals surface area contributed by atoms with Crippen LogP contribution in [-0.2, 0) is 13.0 Å². The van der Waals surface area contributed by atoms with Crippen LogP contribution in [0, 0.1) is 0 Å². The van der Waals surface area contributed by atoms with Crippen molar-refractivity contribution in [3.63, 3.8) is 0 Å². The lowest BCUT2D eigenvalue weighted by molar-refractivity contribution is 0.619. The van der Waals surface area contributed by atoms with Crippen molar-refractivity contribution in [1.29, 1.82) is 0 Å². The molecular formula is C10H14N4O. The Hall–Kier alpha value is -1.36. The Labute approximate surface area is 87.3 Å². The average molecular weight is 206 g/mol. The van der Waals surface area contributed by atoms with Gasteiger partial charge in [0.2, 0.25) is 5.95 Å². The standard InChI is InChI=1S/C10H14N4O/c15-9-7-3-4-11-5-8(7)13-10(14-9)12-6-1-2-6/h6,11H,1-5H2,(H2,12,13,14,15). The van der Waals surface area contributed by atoms with Crippen molar-refractivity contribution >= 4 is 5.95 Å². The maximum atomic E-state index is 11.7. The fourth-order valence-electron chi connectivity index (χ4n) is 1.86. The Morgan fingerprint density at radius 3 is 3.07 bits per heavy atom.